The van der Waals surface area contributed by atoms with Gasteiger partial charge in [0.25, 0.3) is 0 Å². The Morgan fingerprint density at radius 1 is 1.17 bits per heavy atom. The minimum Gasteiger partial charge on any atom is -0.313 e. The molecule has 3 fully saturated rings. The molecule has 4 rings (SSSR count). The lowest BCUT2D eigenvalue weighted by Crippen LogP contribution is -2.52. The van der Waals surface area contributed by atoms with E-state index in [1.54, 1.807) is 4.90 Å². The number of fused-ring (bicyclic) bond motifs is 2. The van der Waals surface area contributed by atoms with Crippen LogP contribution >= 0.6 is 0 Å². The third-order valence-corrected chi connectivity index (χ3v) is 6.22. The van der Waals surface area contributed by atoms with E-state index in [9.17, 15) is 9.59 Å². The summed E-state index contributed by atoms with van der Waals surface area (Å²) in [6.45, 7) is 2.67. The molecule has 0 spiro atoms. The van der Waals surface area contributed by atoms with Crippen molar-refractivity contribution in [1.29, 1.82) is 5.41 Å². The molecule has 2 bridgehead atoms. The minimum atomic E-state index is -0.390. The first kappa shape index (κ1) is 19.8. The molecule has 2 atom stereocenters. The van der Waals surface area contributed by atoms with Gasteiger partial charge in [-0.05, 0) is 51.4 Å². The average Bonchev–Trinajstić information content (AvgIpc) is 2.97. The van der Waals surface area contributed by atoms with Gasteiger partial charge in [-0.25, -0.2) is 4.79 Å². The van der Waals surface area contributed by atoms with Gasteiger partial charge in [0.05, 0.1) is 12.1 Å². The van der Waals surface area contributed by atoms with E-state index < -0.39 is 0 Å². The van der Waals surface area contributed by atoms with Gasteiger partial charge in [-0.3, -0.25) is 15.0 Å². The van der Waals surface area contributed by atoms with Crippen LogP contribution in [0, 0.1) is 11.3 Å². The first-order chi connectivity index (χ1) is 14.0. The summed E-state index contributed by atoms with van der Waals surface area (Å²) < 4.78 is 0. The molecule has 0 saturated carbocycles. The number of urea groups is 1. The number of hydrogen-bond acceptors (Lipinski definition) is 5. The number of nitrogens with zero attached hydrogens (tertiary/aromatic N) is 3. The predicted octanol–water partition coefficient (Wildman–Crippen LogP) is 1.82. The fraction of sp³-hybridized carbons (Fsp3) is 0.571. The van der Waals surface area contributed by atoms with Gasteiger partial charge in [0.1, 0.15) is 12.4 Å². The van der Waals surface area contributed by atoms with Crippen molar-refractivity contribution >= 4 is 17.8 Å². The third kappa shape index (κ3) is 4.28. The Hall–Kier alpha value is -2.45. The summed E-state index contributed by atoms with van der Waals surface area (Å²) in [5.41, 5.74) is 1.01. The number of hydrogen-bond donors (Lipinski definition) is 2. The lowest BCUT2D eigenvalue weighted by atomic mass is 9.95. The summed E-state index contributed by atoms with van der Waals surface area (Å²) in [7, 11) is 2.05. The first-order valence-corrected chi connectivity index (χ1v) is 10.4. The van der Waals surface area contributed by atoms with E-state index in [1.165, 1.54) is 5.06 Å². The number of benzene rings is 1. The second-order valence-electron chi connectivity index (χ2n) is 8.25. The van der Waals surface area contributed by atoms with Crippen molar-refractivity contribution in [3.8, 4) is 0 Å². The molecule has 3 aliphatic heterocycles. The maximum Gasteiger partial charge on any atom is 0.344 e. The SMILES string of the molecule is CN1CCC(C(=O)NC(=N)[C@@H]2CC[C@@H]3CN2C(=O)N3OCc2ccccc2)CC1. The highest BCUT2D eigenvalue weighted by Crippen LogP contribution is 2.30. The van der Waals surface area contributed by atoms with Crippen molar-refractivity contribution in [2.24, 2.45) is 5.92 Å². The van der Waals surface area contributed by atoms with Crippen LogP contribution in [0.15, 0.2) is 30.3 Å². The molecule has 0 aromatic heterocycles. The van der Waals surface area contributed by atoms with Gasteiger partial charge < -0.3 is 15.1 Å². The van der Waals surface area contributed by atoms with Gasteiger partial charge >= 0.3 is 6.03 Å². The predicted molar refractivity (Wildman–Crippen MR) is 108 cm³/mol. The Kier molecular flexibility index (Phi) is 5.82. The molecule has 29 heavy (non-hydrogen) atoms. The standard InChI is InChI=1S/C21H29N5O3/c1-24-11-9-16(10-12-24)20(27)23-19(22)18-8-7-17-13-25(18)21(28)26(17)29-14-15-5-3-2-4-6-15/h2-6,16-18H,7-14H2,1H3,(H2,22,23,27)/t17-,18+/m1/s1. The Labute approximate surface area is 171 Å². The van der Waals surface area contributed by atoms with Gasteiger partial charge in [0.2, 0.25) is 5.91 Å². The Morgan fingerprint density at radius 3 is 2.62 bits per heavy atom. The molecule has 8 heteroatoms. The molecule has 0 radical (unpaired) electrons. The number of carbonyl (C=O) groups is 2. The second kappa shape index (κ2) is 8.51. The zero-order chi connectivity index (χ0) is 20.4. The molecular formula is C21H29N5O3. The monoisotopic (exact) mass is 399 g/mol. The smallest absolute Gasteiger partial charge is 0.313 e. The van der Waals surface area contributed by atoms with Crippen molar-refractivity contribution in [2.75, 3.05) is 26.7 Å². The second-order valence-corrected chi connectivity index (χ2v) is 8.25. The molecule has 156 valence electrons. The average molecular weight is 399 g/mol. The molecular weight excluding hydrogens is 370 g/mol. The molecule has 3 aliphatic rings. The van der Waals surface area contributed by atoms with E-state index in [1.807, 2.05) is 30.3 Å². The van der Waals surface area contributed by atoms with E-state index >= 15 is 0 Å². The Morgan fingerprint density at radius 2 is 1.90 bits per heavy atom. The van der Waals surface area contributed by atoms with E-state index in [0.717, 1.165) is 37.9 Å². The number of amides is 3. The molecule has 3 heterocycles. The third-order valence-electron chi connectivity index (χ3n) is 6.22. The lowest BCUT2D eigenvalue weighted by Gasteiger charge is -2.32. The number of rotatable bonds is 5. The lowest BCUT2D eigenvalue weighted by molar-refractivity contribution is -0.140. The zero-order valence-electron chi connectivity index (χ0n) is 16.8. The zero-order valence-corrected chi connectivity index (χ0v) is 16.8. The Bertz CT molecular complexity index is 763. The molecule has 8 nitrogen and oxygen atoms in total. The van der Waals surface area contributed by atoms with Crippen molar-refractivity contribution < 1.29 is 14.4 Å². The highest BCUT2D eigenvalue weighted by Gasteiger charge is 2.47. The number of piperidine rings is 2. The van der Waals surface area contributed by atoms with Gasteiger partial charge in [-0.2, -0.15) is 5.06 Å². The van der Waals surface area contributed by atoms with E-state index in [-0.39, 0.29) is 35.8 Å². The van der Waals surface area contributed by atoms with Crippen LogP contribution in [-0.2, 0) is 16.2 Å². The van der Waals surface area contributed by atoms with E-state index in [2.05, 4.69) is 17.3 Å². The van der Waals surface area contributed by atoms with Crippen LogP contribution in [0.5, 0.6) is 0 Å². The van der Waals surface area contributed by atoms with Crippen LogP contribution in [-0.4, -0.2) is 71.4 Å². The van der Waals surface area contributed by atoms with E-state index in [4.69, 9.17) is 10.2 Å². The van der Waals surface area contributed by atoms with Crippen molar-refractivity contribution in [2.45, 2.75) is 44.4 Å². The van der Waals surface area contributed by atoms with Crippen molar-refractivity contribution in [3.63, 3.8) is 0 Å². The summed E-state index contributed by atoms with van der Waals surface area (Å²) in [6.07, 6.45) is 3.04. The van der Waals surface area contributed by atoms with Crippen LogP contribution in [0.3, 0.4) is 0 Å². The van der Waals surface area contributed by atoms with Crippen LogP contribution < -0.4 is 5.32 Å². The molecule has 0 aliphatic carbocycles. The summed E-state index contributed by atoms with van der Waals surface area (Å²) in [6, 6.07) is 9.15. The van der Waals surface area contributed by atoms with Crippen molar-refractivity contribution in [3.05, 3.63) is 35.9 Å². The molecule has 0 unspecified atom stereocenters. The van der Waals surface area contributed by atoms with Gasteiger partial charge in [0, 0.05) is 12.5 Å². The highest BCUT2D eigenvalue weighted by molar-refractivity contribution is 6.01. The number of carbonyl (C=O) groups excluding carboxylic acids is 2. The number of nitrogens with one attached hydrogen (secondary N) is 2. The molecule has 2 N–H and O–H groups in total. The minimum absolute atomic E-state index is 0.000143. The number of amidine groups is 1. The summed E-state index contributed by atoms with van der Waals surface area (Å²) in [5, 5.41) is 12.7. The van der Waals surface area contributed by atoms with E-state index in [0.29, 0.717) is 19.6 Å². The van der Waals surface area contributed by atoms with Crippen LogP contribution in [0.4, 0.5) is 4.79 Å². The highest BCUT2D eigenvalue weighted by atomic mass is 16.7. The van der Waals surface area contributed by atoms with Crippen molar-refractivity contribution in [1.82, 2.24) is 20.2 Å². The molecule has 1 aromatic rings. The quantitative estimate of drug-likeness (QED) is 0.584. The summed E-state index contributed by atoms with van der Waals surface area (Å²) >= 11 is 0. The normalized spacial score (nSPS) is 25.3. The molecule has 3 saturated heterocycles. The number of likely N-dealkylation sites (tertiary alicyclic amines) is 1. The topological polar surface area (TPSA) is 89.0 Å². The van der Waals surface area contributed by atoms with Crippen LogP contribution in [0.25, 0.3) is 0 Å². The van der Waals surface area contributed by atoms with Gasteiger partial charge in [0.15, 0.2) is 0 Å². The maximum atomic E-state index is 12.9. The fourth-order valence-corrected chi connectivity index (χ4v) is 4.41. The number of hydroxylamine groups is 2. The molecule has 3 amide bonds. The molecule has 1 aromatic carbocycles. The maximum absolute atomic E-state index is 12.9. The first-order valence-electron chi connectivity index (χ1n) is 10.4. The van der Waals surface area contributed by atoms with Gasteiger partial charge in [-0.1, -0.05) is 30.3 Å². The Balaban J connectivity index is 1.33. The summed E-state index contributed by atoms with van der Waals surface area (Å²) in [4.78, 5) is 35.1. The van der Waals surface area contributed by atoms with Gasteiger partial charge in [-0.15, -0.1) is 0 Å². The largest absolute Gasteiger partial charge is 0.344 e. The van der Waals surface area contributed by atoms with Crippen LogP contribution in [0.2, 0.25) is 0 Å². The fourth-order valence-electron chi connectivity index (χ4n) is 4.41. The summed E-state index contributed by atoms with van der Waals surface area (Å²) in [5.74, 6) is -0.0115. The van der Waals surface area contributed by atoms with Crippen LogP contribution in [0.1, 0.15) is 31.2 Å².